The van der Waals surface area contributed by atoms with Crippen molar-refractivity contribution in [2.24, 2.45) is 11.8 Å². The van der Waals surface area contributed by atoms with E-state index in [1.165, 1.54) is 19.1 Å². The molecule has 3 rings (SSSR count). The maximum absolute atomic E-state index is 14.0. The van der Waals surface area contributed by atoms with Gasteiger partial charge >= 0.3 is 6.18 Å². The Balaban J connectivity index is 1.51. The third-order valence-corrected chi connectivity index (χ3v) is 6.33. The van der Waals surface area contributed by atoms with Crippen molar-refractivity contribution in [1.29, 1.82) is 0 Å². The predicted octanol–water partition coefficient (Wildman–Crippen LogP) is 5.61. The lowest BCUT2D eigenvalue weighted by Gasteiger charge is -2.37. The van der Waals surface area contributed by atoms with E-state index in [0.29, 0.717) is 18.4 Å². The largest absolute Gasteiger partial charge is 0.419 e. The predicted molar refractivity (Wildman–Crippen MR) is 99.8 cm³/mol. The molecule has 1 aliphatic carbocycles. The first-order valence-corrected chi connectivity index (χ1v) is 10.3. The number of aryl methyl sites for hydroxylation is 1. The highest BCUT2D eigenvalue weighted by atomic mass is 19.4. The molecule has 1 saturated carbocycles. The Bertz CT molecular complexity index is 716. The first-order valence-electron chi connectivity index (χ1n) is 10.3. The van der Waals surface area contributed by atoms with Crippen molar-refractivity contribution in [3.8, 4) is 0 Å². The summed E-state index contributed by atoms with van der Waals surface area (Å²) in [7, 11) is 0. The SMILES string of the molecule is CC(=O)C1CCC(C2CCC(OCc3ccc(C)c(F)c3C(F)(F)F)CC2)CO1. The average molecular weight is 416 g/mol. The Morgan fingerprint density at radius 2 is 1.76 bits per heavy atom. The molecule has 0 bridgehead atoms. The van der Waals surface area contributed by atoms with Crippen molar-refractivity contribution < 1.29 is 31.8 Å². The average Bonchev–Trinajstić information content (AvgIpc) is 2.68. The summed E-state index contributed by atoms with van der Waals surface area (Å²) in [6.45, 7) is 3.23. The molecule has 1 saturated heterocycles. The first kappa shape index (κ1) is 22.2. The molecule has 2 fully saturated rings. The van der Waals surface area contributed by atoms with Crippen LogP contribution in [0.5, 0.6) is 0 Å². The lowest BCUT2D eigenvalue weighted by molar-refractivity contribution is -0.142. The second-order valence-corrected chi connectivity index (χ2v) is 8.35. The van der Waals surface area contributed by atoms with Crippen LogP contribution in [0.15, 0.2) is 12.1 Å². The summed E-state index contributed by atoms with van der Waals surface area (Å²) in [5, 5.41) is 0. The highest BCUT2D eigenvalue weighted by molar-refractivity contribution is 5.80. The Morgan fingerprint density at radius 1 is 1.10 bits per heavy atom. The Kier molecular flexibility index (Phi) is 6.99. The maximum atomic E-state index is 14.0. The maximum Gasteiger partial charge on any atom is 0.419 e. The van der Waals surface area contributed by atoms with Crippen molar-refractivity contribution in [3.05, 3.63) is 34.6 Å². The van der Waals surface area contributed by atoms with Crippen LogP contribution in [0.3, 0.4) is 0 Å². The van der Waals surface area contributed by atoms with E-state index in [0.717, 1.165) is 38.5 Å². The van der Waals surface area contributed by atoms with Gasteiger partial charge in [-0.3, -0.25) is 4.79 Å². The van der Waals surface area contributed by atoms with Crippen molar-refractivity contribution in [3.63, 3.8) is 0 Å². The number of ketones is 1. The van der Waals surface area contributed by atoms with E-state index in [2.05, 4.69) is 0 Å². The summed E-state index contributed by atoms with van der Waals surface area (Å²) in [4.78, 5) is 11.4. The van der Waals surface area contributed by atoms with Crippen LogP contribution in [-0.4, -0.2) is 24.6 Å². The second-order valence-electron chi connectivity index (χ2n) is 8.35. The normalized spacial score (nSPS) is 28.3. The van der Waals surface area contributed by atoms with Crippen LogP contribution in [-0.2, 0) is 27.1 Å². The topological polar surface area (TPSA) is 35.5 Å². The van der Waals surface area contributed by atoms with E-state index in [9.17, 15) is 22.4 Å². The fraction of sp³-hybridized carbons (Fsp3) is 0.682. The lowest BCUT2D eigenvalue weighted by Crippen LogP contribution is -2.36. The van der Waals surface area contributed by atoms with Gasteiger partial charge in [-0.05, 0) is 75.3 Å². The third-order valence-electron chi connectivity index (χ3n) is 6.33. The molecule has 1 aromatic carbocycles. The van der Waals surface area contributed by atoms with Gasteiger partial charge in [-0.25, -0.2) is 4.39 Å². The molecular formula is C22H28F4O3. The zero-order chi connectivity index (χ0) is 21.2. The molecule has 2 aliphatic rings. The van der Waals surface area contributed by atoms with E-state index in [1.807, 2.05) is 0 Å². The number of rotatable bonds is 5. The molecular weight excluding hydrogens is 388 g/mol. The molecule has 1 aromatic rings. The van der Waals surface area contributed by atoms with Gasteiger partial charge in [0.2, 0.25) is 0 Å². The van der Waals surface area contributed by atoms with Crippen molar-refractivity contribution >= 4 is 5.78 Å². The minimum Gasteiger partial charge on any atom is -0.374 e. The number of alkyl halides is 3. The van der Waals surface area contributed by atoms with Gasteiger partial charge in [0.15, 0.2) is 5.78 Å². The number of Topliss-reactive ketones (excluding diaryl/α,β-unsaturated/α-hetero) is 1. The summed E-state index contributed by atoms with van der Waals surface area (Å²) in [5.41, 5.74) is -1.40. The Hall–Kier alpha value is -1.47. The van der Waals surface area contributed by atoms with Crippen LogP contribution in [0.2, 0.25) is 0 Å². The minimum atomic E-state index is -4.74. The van der Waals surface area contributed by atoms with Crippen LogP contribution < -0.4 is 0 Å². The fourth-order valence-electron chi connectivity index (χ4n) is 4.55. The zero-order valence-corrected chi connectivity index (χ0v) is 16.9. The fourth-order valence-corrected chi connectivity index (χ4v) is 4.55. The molecule has 2 unspecified atom stereocenters. The number of hydrogen-bond donors (Lipinski definition) is 0. The van der Waals surface area contributed by atoms with Crippen molar-refractivity contribution in [2.75, 3.05) is 6.61 Å². The molecule has 3 nitrogen and oxygen atoms in total. The van der Waals surface area contributed by atoms with Gasteiger partial charge in [0.05, 0.1) is 24.9 Å². The van der Waals surface area contributed by atoms with Gasteiger partial charge in [-0.1, -0.05) is 12.1 Å². The monoisotopic (exact) mass is 416 g/mol. The van der Waals surface area contributed by atoms with Gasteiger partial charge < -0.3 is 9.47 Å². The van der Waals surface area contributed by atoms with Crippen LogP contribution in [0.25, 0.3) is 0 Å². The summed E-state index contributed by atoms with van der Waals surface area (Å²) in [5.74, 6) is -0.227. The molecule has 0 amide bonds. The quantitative estimate of drug-likeness (QED) is 0.585. The third kappa shape index (κ3) is 5.37. The molecule has 2 atom stereocenters. The molecule has 29 heavy (non-hydrogen) atoms. The lowest BCUT2D eigenvalue weighted by atomic mass is 9.76. The van der Waals surface area contributed by atoms with E-state index in [4.69, 9.17) is 9.47 Å². The number of benzene rings is 1. The molecule has 0 aromatic heterocycles. The van der Waals surface area contributed by atoms with E-state index in [1.54, 1.807) is 6.92 Å². The minimum absolute atomic E-state index is 0.0247. The second kappa shape index (κ2) is 9.13. The van der Waals surface area contributed by atoms with E-state index >= 15 is 0 Å². The standard InChI is InChI=1S/C22H28F4O3/c1-13-3-4-17(20(21(13)23)22(24,25)26)12-28-18-8-5-15(6-9-18)16-7-10-19(14(2)27)29-11-16/h3-4,15-16,18-19H,5-12H2,1-2H3. The number of carbonyl (C=O) groups excluding carboxylic acids is 1. The molecule has 1 heterocycles. The molecule has 0 spiro atoms. The van der Waals surface area contributed by atoms with Gasteiger partial charge in [0.25, 0.3) is 0 Å². The smallest absolute Gasteiger partial charge is 0.374 e. The van der Waals surface area contributed by atoms with Crippen LogP contribution in [0, 0.1) is 24.6 Å². The van der Waals surface area contributed by atoms with E-state index < -0.39 is 17.6 Å². The summed E-state index contributed by atoms with van der Waals surface area (Å²) in [6, 6.07) is 2.66. The van der Waals surface area contributed by atoms with Crippen LogP contribution >= 0.6 is 0 Å². The summed E-state index contributed by atoms with van der Waals surface area (Å²) < 4.78 is 65.3. The van der Waals surface area contributed by atoms with Crippen molar-refractivity contribution in [2.45, 2.75) is 77.4 Å². The molecule has 162 valence electrons. The van der Waals surface area contributed by atoms with E-state index in [-0.39, 0.29) is 35.7 Å². The number of halogens is 4. The Labute approximate surface area is 168 Å². The summed E-state index contributed by atoms with van der Waals surface area (Å²) >= 11 is 0. The Morgan fingerprint density at radius 3 is 2.31 bits per heavy atom. The highest BCUT2D eigenvalue weighted by Crippen LogP contribution is 2.38. The van der Waals surface area contributed by atoms with Crippen LogP contribution in [0.1, 0.15) is 62.1 Å². The number of ether oxygens (including phenoxy) is 2. The molecule has 1 aliphatic heterocycles. The van der Waals surface area contributed by atoms with Crippen molar-refractivity contribution in [1.82, 2.24) is 0 Å². The van der Waals surface area contributed by atoms with Gasteiger partial charge in [0, 0.05) is 0 Å². The van der Waals surface area contributed by atoms with Gasteiger partial charge in [0.1, 0.15) is 11.9 Å². The molecule has 7 heteroatoms. The zero-order valence-electron chi connectivity index (χ0n) is 16.9. The highest BCUT2D eigenvalue weighted by Gasteiger charge is 2.38. The molecule has 0 N–H and O–H groups in total. The van der Waals surface area contributed by atoms with Gasteiger partial charge in [-0.2, -0.15) is 13.2 Å². The van der Waals surface area contributed by atoms with Crippen LogP contribution in [0.4, 0.5) is 17.6 Å². The van der Waals surface area contributed by atoms with Gasteiger partial charge in [-0.15, -0.1) is 0 Å². The first-order chi connectivity index (χ1) is 13.7. The number of hydrogen-bond acceptors (Lipinski definition) is 3. The number of carbonyl (C=O) groups is 1. The summed E-state index contributed by atoms with van der Waals surface area (Å²) in [6.07, 6.45) is -0.0103. The molecule has 0 radical (unpaired) electrons.